The van der Waals surface area contributed by atoms with Crippen LogP contribution in [0.15, 0.2) is 0 Å². The fourth-order valence-corrected chi connectivity index (χ4v) is 3.30. The van der Waals surface area contributed by atoms with Gasteiger partial charge in [-0.1, -0.05) is 0 Å². The number of hydrogen-bond acceptors (Lipinski definition) is 4. The molecule has 0 radical (unpaired) electrons. The molecule has 2 N–H and O–H groups in total. The maximum absolute atomic E-state index is 11.1. The van der Waals surface area contributed by atoms with Crippen LogP contribution in [0.25, 0.3) is 0 Å². The highest BCUT2D eigenvalue weighted by Crippen LogP contribution is 2.27. The molecule has 6 nitrogen and oxygen atoms in total. The first kappa shape index (κ1) is 12.2. The quantitative estimate of drug-likeness (QED) is 0.715. The summed E-state index contributed by atoms with van der Waals surface area (Å²) < 4.78 is 5.58. The van der Waals surface area contributed by atoms with Gasteiger partial charge >= 0.3 is 6.09 Å². The van der Waals surface area contributed by atoms with E-state index in [1.54, 1.807) is 4.90 Å². The van der Waals surface area contributed by atoms with Crippen LogP contribution in [-0.4, -0.2) is 78.0 Å². The zero-order valence-corrected chi connectivity index (χ0v) is 10.7. The summed E-state index contributed by atoms with van der Waals surface area (Å²) in [5, 5.41) is 12.6. The maximum Gasteiger partial charge on any atom is 0.407 e. The molecule has 3 aliphatic heterocycles. The predicted octanol–water partition coefficient (Wildman–Crippen LogP) is -0.200. The Morgan fingerprint density at radius 3 is 2.94 bits per heavy atom. The highest BCUT2D eigenvalue weighted by Gasteiger charge is 2.40. The number of carboxylic acid groups (broad SMARTS) is 1. The second kappa shape index (κ2) is 4.68. The van der Waals surface area contributed by atoms with Gasteiger partial charge in [-0.3, -0.25) is 4.90 Å². The highest BCUT2D eigenvalue weighted by atomic mass is 16.5. The van der Waals surface area contributed by atoms with Gasteiger partial charge < -0.3 is 20.1 Å². The average Bonchev–Trinajstić information content (AvgIpc) is 2.93. The van der Waals surface area contributed by atoms with E-state index >= 15 is 0 Å². The smallest absolute Gasteiger partial charge is 0.407 e. The van der Waals surface area contributed by atoms with Crippen LogP contribution in [0.1, 0.15) is 13.3 Å². The first-order chi connectivity index (χ1) is 8.63. The second-order valence-electron chi connectivity index (χ2n) is 5.69. The highest BCUT2D eigenvalue weighted by molar-refractivity contribution is 5.65. The fourth-order valence-electron chi connectivity index (χ4n) is 3.30. The van der Waals surface area contributed by atoms with E-state index in [0.29, 0.717) is 18.7 Å². The molecule has 18 heavy (non-hydrogen) atoms. The van der Waals surface area contributed by atoms with Crippen molar-refractivity contribution in [3.8, 4) is 0 Å². The first-order valence-electron chi connectivity index (χ1n) is 6.72. The molecule has 4 atom stereocenters. The SMILES string of the molecule is C[C@@H]1CN[C@@H](CN2C[C@H]3C[C@@H]2CO3)CN1C(=O)O. The van der Waals surface area contributed by atoms with Crippen LogP contribution in [0, 0.1) is 0 Å². The van der Waals surface area contributed by atoms with Crippen molar-refractivity contribution in [2.24, 2.45) is 0 Å². The van der Waals surface area contributed by atoms with E-state index in [1.807, 2.05) is 6.92 Å². The normalized spacial score (nSPS) is 40.4. The zero-order chi connectivity index (χ0) is 12.7. The summed E-state index contributed by atoms with van der Waals surface area (Å²) in [7, 11) is 0. The summed E-state index contributed by atoms with van der Waals surface area (Å²) in [6, 6.07) is 0.864. The fraction of sp³-hybridized carbons (Fsp3) is 0.917. The molecule has 3 fully saturated rings. The number of carbonyl (C=O) groups is 1. The van der Waals surface area contributed by atoms with E-state index in [2.05, 4.69) is 10.2 Å². The molecule has 0 saturated carbocycles. The van der Waals surface area contributed by atoms with E-state index in [-0.39, 0.29) is 12.1 Å². The molecule has 2 bridgehead atoms. The van der Waals surface area contributed by atoms with Crippen LogP contribution in [0.5, 0.6) is 0 Å². The number of likely N-dealkylation sites (tertiary alicyclic amines) is 1. The van der Waals surface area contributed by atoms with Crippen LogP contribution in [0.3, 0.4) is 0 Å². The van der Waals surface area contributed by atoms with E-state index in [4.69, 9.17) is 9.84 Å². The van der Waals surface area contributed by atoms with Gasteiger partial charge in [-0.2, -0.15) is 0 Å². The van der Waals surface area contributed by atoms with Crippen molar-refractivity contribution < 1.29 is 14.6 Å². The standard InChI is InChI=1S/C12H21N3O3/c1-8-3-13-9(5-15(8)12(16)17)4-14-6-11-2-10(14)7-18-11/h8-11,13H,2-7H2,1H3,(H,16,17)/t8-,9+,10-,11-/m1/s1. The zero-order valence-electron chi connectivity index (χ0n) is 10.7. The number of ether oxygens (including phenoxy) is 1. The minimum atomic E-state index is -0.805. The van der Waals surface area contributed by atoms with E-state index < -0.39 is 6.09 Å². The van der Waals surface area contributed by atoms with Crippen molar-refractivity contribution in [2.45, 2.75) is 37.6 Å². The Balaban J connectivity index is 1.55. The molecule has 102 valence electrons. The van der Waals surface area contributed by atoms with Crippen molar-refractivity contribution >= 4 is 6.09 Å². The first-order valence-corrected chi connectivity index (χ1v) is 6.72. The lowest BCUT2D eigenvalue weighted by atomic mass is 10.1. The summed E-state index contributed by atoms with van der Waals surface area (Å²) in [6.07, 6.45) is 0.750. The molecule has 3 aliphatic rings. The van der Waals surface area contributed by atoms with Gasteiger partial charge in [0.25, 0.3) is 0 Å². The lowest BCUT2D eigenvalue weighted by molar-refractivity contribution is 0.0208. The number of rotatable bonds is 2. The molecule has 6 heteroatoms. The predicted molar refractivity (Wildman–Crippen MR) is 65.7 cm³/mol. The van der Waals surface area contributed by atoms with Gasteiger partial charge in [-0.25, -0.2) is 4.79 Å². The second-order valence-corrected chi connectivity index (χ2v) is 5.69. The molecule has 1 amide bonds. The van der Waals surface area contributed by atoms with Crippen molar-refractivity contribution in [3.63, 3.8) is 0 Å². The number of nitrogens with zero attached hydrogens (tertiary/aromatic N) is 2. The van der Waals surface area contributed by atoms with Crippen LogP contribution in [-0.2, 0) is 4.74 Å². The Bertz CT molecular complexity index is 339. The minimum absolute atomic E-state index is 0.0668. The monoisotopic (exact) mass is 255 g/mol. The summed E-state index contributed by atoms with van der Waals surface area (Å²) in [5.74, 6) is 0. The summed E-state index contributed by atoms with van der Waals surface area (Å²) in [5.41, 5.74) is 0. The number of nitrogens with one attached hydrogen (secondary N) is 1. The van der Waals surface area contributed by atoms with Gasteiger partial charge in [0.1, 0.15) is 0 Å². The molecule has 0 aromatic carbocycles. The summed E-state index contributed by atoms with van der Waals surface area (Å²) in [6.45, 7) is 6.06. The van der Waals surface area contributed by atoms with E-state index in [0.717, 1.165) is 32.7 Å². The van der Waals surface area contributed by atoms with Crippen molar-refractivity contribution in [3.05, 3.63) is 0 Å². The molecule has 0 aliphatic carbocycles. The Morgan fingerprint density at radius 1 is 1.50 bits per heavy atom. The number of morpholine rings is 1. The Kier molecular flexibility index (Phi) is 3.17. The molecule has 3 heterocycles. The molecule has 3 rings (SSSR count). The third-order valence-corrected chi connectivity index (χ3v) is 4.37. The van der Waals surface area contributed by atoms with E-state index in [9.17, 15) is 4.79 Å². The number of piperazine rings is 1. The minimum Gasteiger partial charge on any atom is -0.465 e. The van der Waals surface area contributed by atoms with Crippen molar-refractivity contribution in [1.82, 2.24) is 15.1 Å². The van der Waals surface area contributed by atoms with Crippen molar-refractivity contribution in [2.75, 3.05) is 32.8 Å². The molecule has 0 aromatic rings. The molecule has 0 unspecified atom stereocenters. The van der Waals surface area contributed by atoms with Crippen LogP contribution in [0.2, 0.25) is 0 Å². The van der Waals surface area contributed by atoms with Crippen LogP contribution in [0.4, 0.5) is 4.79 Å². The van der Waals surface area contributed by atoms with Gasteiger partial charge in [-0.15, -0.1) is 0 Å². The van der Waals surface area contributed by atoms with Gasteiger partial charge in [0.05, 0.1) is 12.7 Å². The number of amides is 1. The molecule has 0 aromatic heterocycles. The molecular formula is C12H21N3O3. The average molecular weight is 255 g/mol. The molecule has 0 spiro atoms. The Morgan fingerprint density at radius 2 is 2.33 bits per heavy atom. The number of hydrogen-bond donors (Lipinski definition) is 2. The van der Waals surface area contributed by atoms with Gasteiger partial charge in [-0.05, 0) is 13.3 Å². The largest absolute Gasteiger partial charge is 0.465 e. The lowest BCUT2D eigenvalue weighted by Crippen LogP contribution is -2.60. The summed E-state index contributed by atoms with van der Waals surface area (Å²) >= 11 is 0. The Labute approximate surface area is 107 Å². The summed E-state index contributed by atoms with van der Waals surface area (Å²) in [4.78, 5) is 15.1. The van der Waals surface area contributed by atoms with E-state index in [1.165, 1.54) is 0 Å². The molecular weight excluding hydrogens is 234 g/mol. The Hall–Kier alpha value is -0.850. The molecule has 3 saturated heterocycles. The lowest BCUT2D eigenvalue weighted by Gasteiger charge is -2.39. The third kappa shape index (κ3) is 2.20. The van der Waals surface area contributed by atoms with Crippen LogP contribution >= 0.6 is 0 Å². The topological polar surface area (TPSA) is 65.0 Å². The van der Waals surface area contributed by atoms with Gasteiger partial charge in [0.2, 0.25) is 0 Å². The van der Waals surface area contributed by atoms with Gasteiger partial charge in [0.15, 0.2) is 0 Å². The van der Waals surface area contributed by atoms with Crippen molar-refractivity contribution in [1.29, 1.82) is 0 Å². The van der Waals surface area contributed by atoms with Gasteiger partial charge in [0, 0.05) is 44.3 Å². The van der Waals surface area contributed by atoms with Crippen LogP contribution < -0.4 is 5.32 Å². The maximum atomic E-state index is 11.1. The number of fused-ring (bicyclic) bond motifs is 2. The third-order valence-electron chi connectivity index (χ3n) is 4.37.